The molecular weight excluding hydrogens is 220 g/mol. The Balaban J connectivity index is 1.72. The van der Waals surface area contributed by atoms with Crippen molar-refractivity contribution < 1.29 is 0 Å². The summed E-state index contributed by atoms with van der Waals surface area (Å²) in [6.45, 7) is 1.06. The van der Waals surface area contributed by atoms with Gasteiger partial charge in [0.15, 0.2) is 0 Å². The van der Waals surface area contributed by atoms with Gasteiger partial charge in [-0.3, -0.25) is 0 Å². The molecule has 0 bridgehead atoms. The van der Waals surface area contributed by atoms with Gasteiger partial charge in [-0.05, 0) is 35.7 Å². The van der Waals surface area contributed by atoms with E-state index in [4.69, 9.17) is 5.73 Å². The number of benzene rings is 2. The highest BCUT2D eigenvalue weighted by Crippen LogP contribution is 2.35. The van der Waals surface area contributed by atoms with Crippen LogP contribution in [0.3, 0.4) is 0 Å². The van der Waals surface area contributed by atoms with Crippen molar-refractivity contribution in [3.05, 3.63) is 59.7 Å². The van der Waals surface area contributed by atoms with E-state index in [2.05, 4.69) is 42.3 Å². The van der Waals surface area contributed by atoms with Gasteiger partial charge in [0.2, 0.25) is 0 Å². The summed E-state index contributed by atoms with van der Waals surface area (Å²) in [5, 5.41) is 0. The molecule has 2 aromatic rings. The van der Waals surface area contributed by atoms with Crippen LogP contribution in [0.25, 0.3) is 0 Å². The molecule has 92 valence electrons. The Bertz CT molecular complexity index is 563. The molecule has 0 radical (unpaired) electrons. The lowest BCUT2D eigenvalue weighted by Gasteiger charge is -2.34. The van der Waals surface area contributed by atoms with Crippen molar-refractivity contribution in [3.63, 3.8) is 0 Å². The molecule has 1 aliphatic rings. The molecule has 1 aliphatic carbocycles. The first kappa shape index (κ1) is 11.1. The van der Waals surface area contributed by atoms with Crippen LogP contribution in [-0.4, -0.2) is 13.6 Å². The molecule has 0 heterocycles. The lowest BCUT2D eigenvalue weighted by atomic mass is 9.77. The molecular formula is C16H18N2. The molecule has 2 nitrogen and oxygen atoms in total. The number of nitrogens with two attached hydrogens (primary N) is 1. The highest BCUT2D eigenvalue weighted by atomic mass is 15.1. The Morgan fingerprint density at radius 1 is 1.17 bits per heavy atom. The van der Waals surface area contributed by atoms with Crippen molar-refractivity contribution in [2.45, 2.75) is 12.3 Å². The number of rotatable bonds is 3. The van der Waals surface area contributed by atoms with Gasteiger partial charge in [0.25, 0.3) is 0 Å². The molecule has 2 aromatic carbocycles. The number of nitrogen functional groups attached to an aromatic ring is 1. The zero-order valence-corrected chi connectivity index (χ0v) is 10.6. The van der Waals surface area contributed by atoms with E-state index in [0.29, 0.717) is 5.92 Å². The van der Waals surface area contributed by atoms with Gasteiger partial charge in [-0.2, -0.15) is 0 Å². The monoisotopic (exact) mass is 238 g/mol. The minimum Gasteiger partial charge on any atom is -0.399 e. The minimum atomic E-state index is 0.660. The number of fused-ring (bicyclic) bond motifs is 1. The highest BCUT2D eigenvalue weighted by molar-refractivity contribution is 5.56. The van der Waals surface area contributed by atoms with Crippen molar-refractivity contribution in [1.29, 1.82) is 0 Å². The Morgan fingerprint density at radius 3 is 2.78 bits per heavy atom. The predicted octanol–water partition coefficient (Wildman–Crippen LogP) is 3.04. The molecule has 2 heteroatoms. The Labute approximate surface area is 108 Å². The molecule has 1 atom stereocenters. The summed E-state index contributed by atoms with van der Waals surface area (Å²) in [6.07, 6.45) is 1.20. The van der Waals surface area contributed by atoms with Crippen LogP contribution in [0.15, 0.2) is 48.5 Å². The van der Waals surface area contributed by atoms with E-state index in [9.17, 15) is 0 Å². The molecule has 1 unspecified atom stereocenters. The molecule has 0 aromatic heterocycles. The second-order valence-corrected chi connectivity index (χ2v) is 5.08. The van der Waals surface area contributed by atoms with E-state index in [-0.39, 0.29) is 0 Å². The summed E-state index contributed by atoms with van der Waals surface area (Å²) >= 11 is 0. The van der Waals surface area contributed by atoms with Gasteiger partial charge in [0, 0.05) is 30.9 Å². The summed E-state index contributed by atoms with van der Waals surface area (Å²) in [6, 6.07) is 16.8. The maximum atomic E-state index is 5.82. The molecule has 0 fully saturated rings. The van der Waals surface area contributed by atoms with Crippen molar-refractivity contribution in [1.82, 2.24) is 0 Å². The molecule has 0 saturated heterocycles. The first-order chi connectivity index (χ1) is 8.74. The fourth-order valence-corrected chi connectivity index (χ4v) is 2.72. The van der Waals surface area contributed by atoms with Crippen LogP contribution < -0.4 is 10.6 Å². The topological polar surface area (TPSA) is 29.3 Å². The fraction of sp³-hybridized carbons (Fsp3) is 0.250. The van der Waals surface area contributed by atoms with Gasteiger partial charge in [-0.15, -0.1) is 0 Å². The third-order valence-electron chi connectivity index (χ3n) is 3.77. The zero-order chi connectivity index (χ0) is 12.5. The highest BCUT2D eigenvalue weighted by Gasteiger charge is 2.26. The van der Waals surface area contributed by atoms with Gasteiger partial charge in [-0.1, -0.05) is 30.3 Å². The van der Waals surface area contributed by atoms with E-state index in [1.165, 1.54) is 23.2 Å². The van der Waals surface area contributed by atoms with Crippen LogP contribution in [0, 0.1) is 0 Å². The van der Waals surface area contributed by atoms with Crippen LogP contribution in [0.5, 0.6) is 0 Å². The van der Waals surface area contributed by atoms with Gasteiger partial charge in [0.1, 0.15) is 0 Å². The van der Waals surface area contributed by atoms with Gasteiger partial charge < -0.3 is 10.6 Å². The minimum absolute atomic E-state index is 0.660. The first-order valence-corrected chi connectivity index (χ1v) is 6.38. The lowest BCUT2D eigenvalue weighted by Crippen LogP contribution is -2.30. The largest absolute Gasteiger partial charge is 0.399 e. The number of nitrogens with zero attached hydrogens (tertiary/aromatic N) is 1. The third-order valence-corrected chi connectivity index (χ3v) is 3.77. The average Bonchev–Trinajstić information content (AvgIpc) is 2.36. The quantitative estimate of drug-likeness (QED) is 0.833. The smallest absolute Gasteiger partial charge is 0.0384 e. The molecule has 18 heavy (non-hydrogen) atoms. The second-order valence-electron chi connectivity index (χ2n) is 5.08. The van der Waals surface area contributed by atoms with Crippen molar-refractivity contribution in [2.75, 3.05) is 24.2 Å². The molecule has 2 N–H and O–H groups in total. The summed E-state index contributed by atoms with van der Waals surface area (Å²) in [7, 11) is 2.13. The second kappa shape index (κ2) is 4.37. The number of likely N-dealkylation sites (N-methyl/N-ethyl adjacent to an activating group) is 1. The number of hydrogen-bond donors (Lipinski definition) is 1. The van der Waals surface area contributed by atoms with Crippen LogP contribution in [0.2, 0.25) is 0 Å². The zero-order valence-electron chi connectivity index (χ0n) is 10.6. The summed E-state index contributed by atoms with van der Waals surface area (Å²) in [5.41, 5.74) is 10.9. The Hall–Kier alpha value is -1.96. The van der Waals surface area contributed by atoms with Crippen molar-refractivity contribution in [2.24, 2.45) is 0 Å². The van der Waals surface area contributed by atoms with Gasteiger partial charge in [0.05, 0.1) is 0 Å². The van der Waals surface area contributed by atoms with E-state index in [0.717, 1.165) is 12.2 Å². The molecule has 0 aliphatic heterocycles. The lowest BCUT2D eigenvalue weighted by molar-refractivity contribution is 0.601. The van der Waals surface area contributed by atoms with E-state index < -0.39 is 0 Å². The Morgan fingerprint density at radius 2 is 2.00 bits per heavy atom. The SMILES string of the molecule is CN(CC1Cc2ccccc21)c1cccc(N)c1. The number of anilines is 2. The van der Waals surface area contributed by atoms with Gasteiger partial charge in [-0.25, -0.2) is 0 Å². The fourth-order valence-electron chi connectivity index (χ4n) is 2.72. The van der Waals surface area contributed by atoms with Crippen molar-refractivity contribution >= 4 is 11.4 Å². The van der Waals surface area contributed by atoms with Gasteiger partial charge >= 0.3 is 0 Å². The summed E-state index contributed by atoms with van der Waals surface area (Å²) < 4.78 is 0. The normalized spacial score (nSPS) is 16.8. The molecule has 0 spiro atoms. The van der Waals surface area contributed by atoms with E-state index >= 15 is 0 Å². The van der Waals surface area contributed by atoms with Crippen LogP contribution in [0.1, 0.15) is 17.0 Å². The third kappa shape index (κ3) is 1.94. The van der Waals surface area contributed by atoms with E-state index in [1.54, 1.807) is 0 Å². The molecule has 0 amide bonds. The van der Waals surface area contributed by atoms with Crippen LogP contribution in [-0.2, 0) is 6.42 Å². The maximum Gasteiger partial charge on any atom is 0.0384 e. The first-order valence-electron chi connectivity index (χ1n) is 6.38. The molecule has 0 saturated carbocycles. The van der Waals surface area contributed by atoms with Crippen molar-refractivity contribution in [3.8, 4) is 0 Å². The van der Waals surface area contributed by atoms with E-state index in [1.807, 2.05) is 18.2 Å². The Kier molecular flexibility index (Phi) is 2.71. The standard InChI is InChI=1S/C16H18N2/c1-18(15-7-4-6-14(17)10-15)11-13-9-12-5-2-3-8-16(12)13/h2-8,10,13H,9,11,17H2,1H3. The maximum absolute atomic E-state index is 5.82. The van der Waals surface area contributed by atoms with Crippen LogP contribution in [0.4, 0.5) is 11.4 Å². The average molecular weight is 238 g/mol. The summed E-state index contributed by atoms with van der Waals surface area (Å²) in [5.74, 6) is 0.660. The number of hydrogen-bond acceptors (Lipinski definition) is 2. The van der Waals surface area contributed by atoms with Crippen LogP contribution >= 0.6 is 0 Å². The molecule has 3 rings (SSSR count). The predicted molar refractivity (Wildman–Crippen MR) is 77.0 cm³/mol. The summed E-state index contributed by atoms with van der Waals surface area (Å²) in [4.78, 5) is 2.29.